The third-order valence-corrected chi connectivity index (χ3v) is 7.93. The monoisotopic (exact) mass is 580 g/mol. The van der Waals surface area contributed by atoms with Gasteiger partial charge in [-0.25, -0.2) is 4.39 Å². The van der Waals surface area contributed by atoms with Gasteiger partial charge in [0.2, 0.25) is 0 Å². The van der Waals surface area contributed by atoms with Crippen LogP contribution in [0.1, 0.15) is 23.1 Å². The number of fused-ring (bicyclic) bond motifs is 3. The predicted octanol–water partition coefficient (Wildman–Crippen LogP) is 9.49. The van der Waals surface area contributed by atoms with Crippen molar-refractivity contribution < 1.29 is 28.6 Å². The van der Waals surface area contributed by atoms with Crippen molar-refractivity contribution >= 4 is 30.3 Å². The molecule has 0 aromatic heterocycles. The molecule has 0 nitrogen and oxygen atoms in total. The van der Waals surface area contributed by atoms with Gasteiger partial charge < -0.3 is 0 Å². The van der Waals surface area contributed by atoms with E-state index in [1.54, 1.807) is 12.1 Å². The van der Waals surface area contributed by atoms with Crippen molar-refractivity contribution in [2.24, 2.45) is 0 Å². The normalized spacial score (nSPS) is 11.8. The SMILES string of the molecule is Fc1ccccc1C1=[C-]CC=C1.[Zr+2]=[C](c1ccccc1)c1ccccc1.c1ccc2c(c1)[cH-]c1ccccc12. The predicted molar refractivity (Wildman–Crippen MR) is 160 cm³/mol. The zero-order chi connectivity index (χ0) is 26.9. The molecule has 0 aliphatic heterocycles. The minimum Gasteiger partial charge on any atom is -0.126 e. The van der Waals surface area contributed by atoms with Gasteiger partial charge in [0.25, 0.3) is 0 Å². The van der Waals surface area contributed by atoms with Crippen LogP contribution in [0.4, 0.5) is 4.39 Å². The van der Waals surface area contributed by atoms with Gasteiger partial charge in [-0.15, -0.1) is 51.9 Å². The Labute approximate surface area is 244 Å². The summed E-state index contributed by atoms with van der Waals surface area (Å²) in [6, 6.07) is 47.1. The van der Waals surface area contributed by atoms with Crippen LogP contribution in [0.25, 0.3) is 27.1 Å². The topological polar surface area (TPSA) is 0 Å². The molecule has 6 aromatic carbocycles. The molecule has 6 aromatic rings. The number of hydrogen-bond acceptors (Lipinski definition) is 0. The molecule has 2 heteroatoms. The minimum absolute atomic E-state index is 0.174. The van der Waals surface area contributed by atoms with Gasteiger partial charge in [0.05, 0.1) is 5.82 Å². The molecule has 0 N–H and O–H groups in total. The quantitative estimate of drug-likeness (QED) is 0.183. The molecule has 0 atom stereocenters. The summed E-state index contributed by atoms with van der Waals surface area (Å²) in [5, 5.41) is 5.39. The van der Waals surface area contributed by atoms with Gasteiger partial charge in [0.15, 0.2) is 0 Å². The maximum Gasteiger partial charge on any atom is -0.0771 e. The molecule has 0 fully saturated rings. The number of hydrogen-bond donors (Lipinski definition) is 0. The molecule has 0 spiro atoms. The molecule has 0 saturated carbocycles. The fraction of sp³-hybridized carbons (Fsp3) is 0.0270. The molecule has 7 rings (SSSR count). The summed E-state index contributed by atoms with van der Waals surface area (Å²) in [5.41, 5.74) is 4.17. The average molecular weight is 582 g/mol. The second-order valence-corrected chi connectivity index (χ2v) is 10.3. The Bertz CT molecular complexity index is 1650. The first kappa shape index (κ1) is 26.7. The Morgan fingerprint density at radius 2 is 1.10 bits per heavy atom. The first-order chi connectivity index (χ1) is 19.2. The van der Waals surface area contributed by atoms with Gasteiger partial charge in [0, 0.05) is 0 Å². The molecule has 186 valence electrons. The second kappa shape index (κ2) is 13.3. The van der Waals surface area contributed by atoms with Crippen LogP contribution in [0, 0.1) is 11.9 Å². The Kier molecular flexibility index (Phi) is 9.10. The molecule has 0 bridgehead atoms. The first-order valence-electron chi connectivity index (χ1n) is 13.0. The standard InChI is InChI=1S/C13H9.C13H10.C11H8F.Zr/c1-3-7-12-10(5-1)9-11-6-2-4-8-13(11)12;1-3-7-12(8-4-1)11-13-9-5-2-6-10-13;12-11-8-4-3-7-10(11)9-5-1-2-6-9;/h1-9H;1-10H;1,3-5,7-8H,2H2;/q-1;;-1;+2. The minimum atomic E-state index is -0.174. The molecular formula is C37H27FZr. The van der Waals surface area contributed by atoms with E-state index in [1.807, 2.05) is 18.2 Å². The van der Waals surface area contributed by atoms with Gasteiger partial charge in [-0.3, -0.25) is 0 Å². The number of rotatable bonds is 3. The molecule has 0 amide bonds. The van der Waals surface area contributed by atoms with E-state index in [0.717, 1.165) is 12.0 Å². The van der Waals surface area contributed by atoms with Crippen molar-refractivity contribution in [1.82, 2.24) is 0 Å². The Morgan fingerprint density at radius 3 is 1.62 bits per heavy atom. The van der Waals surface area contributed by atoms with E-state index in [0.29, 0.717) is 5.56 Å². The van der Waals surface area contributed by atoms with Crippen molar-refractivity contribution in [2.45, 2.75) is 6.42 Å². The molecular weight excluding hydrogens is 555 g/mol. The average Bonchev–Trinajstić information content (AvgIpc) is 3.67. The van der Waals surface area contributed by atoms with Crippen LogP contribution in [0.15, 0.2) is 152 Å². The van der Waals surface area contributed by atoms with E-state index < -0.39 is 0 Å². The van der Waals surface area contributed by atoms with E-state index in [1.165, 1.54) is 66.2 Å². The van der Waals surface area contributed by atoms with Crippen molar-refractivity contribution in [2.75, 3.05) is 0 Å². The summed E-state index contributed by atoms with van der Waals surface area (Å²) in [4.78, 5) is 0. The zero-order valence-corrected chi connectivity index (χ0v) is 24.0. The number of allylic oxidation sites excluding steroid dienone is 4. The van der Waals surface area contributed by atoms with Crippen molar-refractivity contribution in [3.8, 4) is 0 Å². The van der Waals surface area contributed by atoms with Gasteiger partial charge in [-0.05, 0) is 6.07 Å². The van der Waals surface area contributed by atoms with Crippen LogP contribution in [0.2, 0.25) is 0 Å². The third kappa shape index (κ3) is 6.77. The molecule has 0 radical (unpaired) electrons. The van der Waals surface area contributed by atoms with Crippen LogP contribution in [-0.4, -0.2) is 3.21 Å². The van der Waals surface area contributed by atoms with Gasteiger partial charge in [0.1, 0.15) is 0 Å². The molecule has 1 aliphatic carbocycles. The molecule has 0 unspecified atom stereocenters. The maximum absolute atomic E-state index is 13.1. The van der Waals surface area contributed by atoms with Gasteiger partial charge >= 0.3 is 99.2 Å². The summed E-state index contributed by atoms with van der Waals surface area (Å²) >= 11 is 1.46. The summed E-state index contributed by atoms with van der Waals surface area (Å²) < 4.78 is 14.6. The smallest absolute Gasteiger partial charge is 0.0771 e. The van der Waals surface area contributed by atoms with Crippen LogP contribution in [0.3, 0.4) is 0 Å². The Hall–Kier alpha value is -3.87. The first-order valence-corrected chi connectivity index (χ1v) is 14.2. The Balaban J connectivity index is 0.000000119. The van der Waals surface area contributed by atoms with Gasteiger partial charge in [-0.2, -0.15) is 17.7 Å². The largest absolute Gasteiger partial charge is 0.126 e. The van der Waals surface area contributed by atoms with E-state index >= 15 is 0 Å². The number of benzene rings is 5. The van der Waals surface area contributed by atoms with E-state index in [4.69, 9.17) is 0 Å². The van der Waals surface area contributed by atoms with Crippen molar-refractivity contribution in [3.05, 3.63) is 180 Å². The van der Waals surface area contributed by atoms with Gasteiger partial charge in [-0.1, -0.05) is 60.5 Å². The summed E-state index contributed by atoms with van der Waals surface area (Å²) in [5.74, 6) is -0.174. The molecule has 0 saturated heterocycles. The molecule has 39 heavy (non-hydrogen) atoms. The molecule has 0 heterocycles. The number of halogens is 1. The van der Waals surface area contributed by atoms with Crippen LogP contribution < -0.4 is 0 Å². The summed E-state index contributed by atoms with van der Waals surface area (Å²) in [7, 11) is 0. The van der Waals surface area contributed by atoms with E-state index in [-0.39, 0.29) is 5.82 Å². The van der Waals surface area contributed by atoms with Crippen LogP contribution >= 0.6 is 0 Å². The summed E-state index contributed by atoms with van der Waals surface area (Å²) in [6.45, 7) is 0. The third-order valence-electron chi connectivity index (χ3n) is 6.51. The second-order valence-electron chi connectivity index (χ2n) is 9.10. The van der Waals surface area contributed by atoms with E-state index in [9.17, 15) is 4.39 Å². The zero-order valence-electron chi connectivity index (χ0n) is 21.5. The Morgan fingerprint density at radius 1 is 0.615 bits per heavy atom. The van der Waals surface area contributed by atoms with Crippen LogP contribution in [-0.2, 0) is 24.2 Å². The van der Waals surface area contributed by atoms with Crippen LogP contribution in [0.5, 0.6) is 0 Å². The maximum atomic E-state index is 13.1. The van der Waals surface area contributed by atoms with Crippen molar-refractivity contribution in [1.29, 1.82) is 0 Å². The fourth-order valence-corrected chi connectivity index (χ4v) is 5.37. The fourth-order valence-electron chi connectivity index (χ4n) is 4.55. The molecule has 1 aliphatic rings. The van der Waals surface area contributed by atoms with Crippen molar-refractivity contribution in [3.63, 3.8) is 0 Å². The summed E-state index contributed by atoms with van der Waals surface area (Å²) in [6.07, 6.45) is 7.75. The van der Waals surface area contributed by atoms with E-state index in [2.05, 4.69) is 121 Å².